The molecule has 0 spiro atoms. The number of nitrogens with zero attached hydrogens (tertiary/aromatic N) is 2. The van der Waals surface area contributed by atoms with E-state index in [1.165, 1.54) is 16.4 Å². The van der Waals surface area contributed by atoms with Gasteiger partial charge in [-0.2, -0.15) is 16.9 Å². The zero-order valence-electron chi connectivity index (χ0n) is 18.0. The van der Waals surface area contributed by atoms with E-state index < -0.39 is 16.1 Å². The number of sulfonamides is 1. The normalized spacial score (nSPS) is 19.3. The van der Waals surface area contributed by atoms with Crippen LogP contribution in [0.1, 0.15) is 31.7 Å². The molecule has 1 aliphatic heterocycles. The number of unbranched alkanes of at least 4 members (excludes halogenated alkanes) is 1. The second-order valence-corrected chi connectivity index (χ2v) is 10.5. The summed E-state index contributed by atoms with van der Waals surface area (Å²) in [5.41, 5.74) is 0.992. The summed E-state index contributed by atoms with van der Waals surface area (Å²) in [6.45, 7) is 3.31. The van der Waals surface area contributed by atoms with E-state index >= 15 is 0 Å². The lowest BCUT2D eigenvalue weighted by Gasteiger charge is -2.27. The molecule has 1 aliphatic rings. The van der Waals surface area contributed by atoms with E-state index in [0.717, 1.165) is 18.4 Å². The third-order valence-electron chi connectivity index (χ3n) is 5.35. The Kier molecular flexibility index (Phi) is 8.02. The van der Waals surface area contributed by atoms with Gasteiger partial charge in [0, 0.05) is 25.4 Å². The van der Waals surface area contributed by atoms with Crippen LogP contribution >= 0.6 is 12.6 Å². The summed E-state index contributed by atoms with van der Waals surface area (Å²) in [4.78, 5) is 14.9. The first-order valence-corrected chi connectivity index (χ1v) is 12.5. The molecular weight excluding hydrogens is 432 g/mol. The van der Waals surface area contributed by atoms with E-state index in [0.29, 0.717) is 25.3 Å². The van der Waals surface area contributed by atoms with Crippen molar-refractivity contribution in [2.45, 2.75) is 48.9 Å². The van der Waals surface area contributed by atoms with Crippen LogP contribution in [0.15, 0.2) is 59.5 Å². The predicted molar refractivity (Wildman–Crippen MR) is 125 cm³/mol. The molecule has 1 fully saturated rings. The van der Waals surface area contributed by atoms with Gasteiger partial charge in [0.05, 0.1) is 11.5 Å². The van der Waals surface area contributed by atoms with Crippen molar-refractivity contribution < 1.29 is 17.9 Å². The van der Waals surface area contributed by atoms with Crippen molar-refractivity contribution in [1.82, 2.24) is 9.21 Å². The van der Waals surface area contributed by atoms with Crippen molar-refractivity contribution in [2.75, 3.05) is 20.2 Å². The number of benzene rings is 2. The van der Waals surface area contributed by atoms with Gasteiger partial charge in [-0.15, -0.1) is 0 Å². The summed E-state index contributed by atoms with van der Waals surface area (Å²) in [5.74, 6) is 0.416. The maximum absolute atomic E-state index is 13.3. The third-order valence-corrected chi connectivity index (χ3v) is 7.62. The fraction of sp³-hybridized carbons (Fsp3) is 0.435. The number of likely N-dealkylation sites (N-methyl/N-ethyl adjacent to an activating group) is 1. The van der Waals surface area contributed by atoms with Gasteiger partial charge in [-0.25, -0.2) is 8.42 Å². The van der Waals surface area contributed by atoms with Gasteiger partial charge in [-0.3, -0.25) is 4.79 Å². The lowest BCUT2D eigenvalue weighted by Crippen LogP contribution is -2.46. The van der Waals surface area contributed by atoms with Crippen LogP contribution in [-0.4, -0.2) is 55.0 Å². The van der Waals surface area contributed by atoms with E-state index in [1.807, 2.05) is 30.3 Å². The van der Waals surface area contributed by atoms with Crippen molar-refractivity contribution in [1.29, 1.82) is 0 Å². The van der Waals surface area contributed by atoms with Crippen molar-refractivity contribution >= 4 is 28.6 Å². The van der Waals surface area contributed by atoms with Gasteiger partial charge < -0.3 is 9.64 Å². The largest absolute Gasteiger partial charge is 0.494 e. The minimum absolute atomic E-state index is 0.154. The second kappa shape index (κ2) is 10.5. The van der Waals surface area contributed by atoms with E-state index in [2.05, 4.69) is 19.6 Å². The number of carbonyl (C=O) groups is 1. The average Bonchev–Trinajstić information content (AvgIpc) is 3.17. The number of rotatable bonds is 9. The van der Waals surface area contributed by atoms with E-state index in [1.54, 1.807) is 24.1 Å². The quantitative estimate of drug-likeness (QED) is 0.457. The molecule has 0 radical (unpaired) electrons. The van der Waals surface area contributed by atoms with Gasteiger partial charge in [0.25, 0.3) is 0 Å². The van der Waals surface area contributed by atoms with Crippen LogP contribution in [-0.2, 0) is 21.4 Å². The molecule has 0 N–H and O–H groups in total. The molecular formula is C23H30N2O4S2. The van der Waals surface area contributed by atoms with Gasteiger partial charge in [0.2, 0.25) is 15.9 Å². The zero-order chi connectivity index (χ0) is 22.4. The van der Waals surface area contributed by atoms with Crippen molar-refractivity contribution in [2.24, 2.45) is 0 Å². The number of hydrogen-bond donors (Lipinski definition) is 1. The minimum atomic E-state index is -3.83. The summed E-state index contributed by atoms with van der Waals surface area (Å²) in [6.07, 6.45) is 2.36. The Morgan fingerprint density at radius 2 is 1.84 bits per heavy atom. The number of hydrogen-bond acceptors (Lipinski definition) is 5. The predicted octanol–water partition coefficient (Wildman–Crippen LogP) is 3.59. The first-order chi connectivity index (χ1) is 14.8. The first-order valence-electron chi connectivity index (χ1n) is 10.5. The monoisotopic (exact) mass is 462 g/mol. The zero-order valence-corrected chi connectivity index (χ0v) is 19.7. The Balaban J connectivity index is 1.75. The highest BCUT2D eigenvalue weighted by Gasteiger charge is 2.43. The molecule has 0 unspecified atom stereocenters. The number of amides is 1. The molecule has 0 aliphatic carbocycles. The van der Waals surface area contributed by atoms with Gasteiger partial charge in [0.1, 0.15) is 11.8 Å². The Morgan fingerprint density at radius 3 is 2.48 bits per heavy atom. The highest BCUT2D eigenvalue weighted by molar-refractivity contribution is 7.89. The van der Waals surface area contributed by atoms with Gasteiger partial charge in [0.15, 0.2) is 0 Å². The average molecular weight is 463 g/mol. The summed E-state index contributed by atoms with van der Waals surface area (Å²) in [5, 5.41) is -0.189. The van der Waals surface area contributed by atoms with Crippen LogP contribution in [0.5, 0.6) is 5.75 Å². The summed E-state index contributed by atoms with van der Waals surface area (Å²) < 4.78 is 33.6. The molecule has 6 nitrogen and oxygen atoms in total. The highest BCUT2D eigenvalue weighted by Crippen LogP contribution is 2.30. The highest BCUT2D eigenvalue weighted by atomic mass is 32.2. The fourth-order valence-electron chi connectivity index (χ4n) is 3.64. The second-order valence-electron chi connectivity index (χ2n) is 7.83. The molecule has 1 amide bonds. The standard InChI is InChI=1S/C23H30N2O4S2/c1-3-4-14-29-19-10-12-21(13-11-19)31(27,28)25-17-20(30)15-22(25)23(26)24(2)16-18-8-6-5-7-9-18/h5-13,20,22,30H,3-4,14-17H2,1-2H3/t20-,22-/m0/s1. The smallest absolute Gasteiger partial charge is 0.243 e. The van der Waals surface area contributed by atoms with Crippen LogP contribution in [0.3, 0.4) is 0 Å². The minimum Gasteiger partial charge on any atom is -0.494 e. The Morgan fingerprint density at radius 1 is 1.16 bits per heavy atom. The van der Waals surface area contributed by atoms with Crippen LogP contribution in [0.25, 0.3) is 0 Å². The van der Waals surface area contributed by atoms with Crippen LogP contribution in [0.2, 0.25) is 0 Å². The van der Waals surface area contributed by atoms with Gasteiger partial charge >= 0.3 is 0 Å². The SMILES string of the molecule is CCCCOc1ccc(S(=O)(=O)N2C[C@@H](S)C[C@H]2C(=O)N(C)Cc2ccccc2)cc1. The van der Waals surface area contributed by atoms with E-state index in [9.17, 15) is 13.2 Å². The maximum atomic E-state index is 13.3. The fourth-order valence-corrected chi connectivity index (χ4v) is 5.77. The van der Waals surface area contributed by atoms with E-state index in [-0.39, 0.29) is 22.6 Å². The molecule has 0 saturated carbocycles. The molecule has 8 heteroatoms. The summed E-state index contributed by atoms with van der Waals surface area (Å²) in [7, 11) is -2.13. The molecule has 3 rings (SSSR count). The third kappa shape index (κ3) is 5.81. The number of ether oxygens (including phenoxy) is 1. The molecule has 2 aromatic carbocycles. The molecule has 0 aromatic heterocycles. The molecule has 168 valence electrons. The summed E-state index contributed by atoms with van der Waals surface area (Å²) in [6, 6.07) is 15.3. The maximum Gasteiger partial charge on any atom is 0.243 e. The van der Waals surface area contributed by atoms with Crippen molar-refractivity contribution in [3.05, 3.63) is 60.2 Å². The number of thiol groups is 1. The van der Waals surface area contributed by atoms with Crippen molar-refractivity contribution in [3.63, 3.8) is 0 Å². The van der Waals surface area contributed by atoms with E-state index in [4.69, 9.17) is 4.74 Å². The number of carbonyl (C=O) groups excluding carboxylic acids is 1. The Bertz CT molecular complexity index is 965. The van der Waals surface area contributed by atoms with Gasteiger partial charge in [-0.05, 0) is 42.7 Å². The molecule has 0 bridgehead atoms. The Hall–Kier alpha value is -2.03. The molecule has 1 saturated heterocycles. The van der Waals surface area contributed by atoms with Gasteiger partial charge in [-0.1, -0.05) is 43.7 Å². The van der Waals surface area contributed by atoms with Crippen LogP contribution < -0.4 is 4.74 Å². The molecule has 1 heterocycles. The van der Waals surface area contributed by atoms with Crippen LogP contribution in [0.4, 0.5) is 0 Å². The van der Waals surface area contributed by atoms with Crippen molar-refractivity contribution in [3.8, 4) is 5.75 Å². The Labute approximate surface area is 190 Å². The molecule has 31 heavy (non-hydrogen) atoms. The topological polar surface area (TPSA) is 66.9 Å². The first kappa shape index (κ1) is 23.6. The summed E-state index contributed by atoms with van der Waals surface area (Å²) >= 11 is 4.48. The lowest BCUT2D eigenvalue weighted by atomic mass is 10.1. The van der Waals surface area contributed by atoms with Crippen LogP contribution in [0, 0.1) is 0 Å². The lowest BCUT2D eigenvalue weighted by molar-refractivity contribution is -0.133. The molecule has 2 aromatic rings. The molecule has 2 atom stereocenters.